The van der Waals surface area contributed by atoms with Crippen LogP contribution in [0.25, 0.3) is 0 Å². The van der Waals surface area contributed by atoms with Gasteiger partial charge < -0.3 is 15.1 Å². The Balaban J connectivity index is 1.77. The van der Waals surface area contributed by atoms with Crippen LogP contribution in [0, 0.1) is 11.8 Å². The number of aliphatic hydroxyl groups is 1. The summed E-state index contributed by atoms with van der Waals surface area (Å²) in [6.07, 6.45) is 2.10. The molecule has 3 aromatic rings. The van der Waals surface area contributed by atoms with E-state index in [1.807, 2.05) is 0 Å². The molecule has 0 radical (unpaired) electrons. The van der Waals surface area contributed by atoms with E-state index < -0.39 is 12.1 Å². The summed E-state index contributed by atoms with van der Waals surface area (Å²) < 4.78 is 0. The molecule has 0 aliphatic heterocycles. The molecule has 0 amide bonds. The number of carboxylic acids is 1. The van der Waals surface area contributed by atoms with Crippen LogP contribution in [0.1, 0.15) is 104 Å². The molecule has 0 spiro atoms. The maximum absolute atomic E-state index is 11.3. The molecule has 0 heterocycles. The summed E-state index contributed by atoms with van der Waals surface area (Å²) in [7, 11) is 4.11. The predicted octanol–water partition coefficient (Wildman–Crippen LogP) is 7.41. The van der Waals surface area contributed by atoms with E-state index in [-0.39, 0.29) is 21.8 Å². The Labute approximate surface area is 240 Å². The maximum Gasteiger partial charge on any atom is 0.335 e. The molecule has 4 nitrogen and oxygen atoms in total. The lowest BCUT2D eigenvalue weighted by atomic mass is 9.60. The van der Waals surface area contributed by atoms with Gasteiger partial charge in [-0.3, -0.25) is 0 Å². The fraction of sp³-hybridized carbons (Fsp3) is 0.417. The Morgan fingerprint density at radius 3 is 2.12 bits per heavy atom. The maximum atomic E-state index is 11.3. The van der Waals surface area contributed by atoms with Gasteiger partial charge in [0.25, 0.3) is 0 Å². The summed E-state index contributed by atoms with van der Waals surface area (Å²) in [5.74, 6) is 5.08. The first-order chi connectivity index (χ1) is 18.6. The Kier molecular flexibility index (Phi) is 7.94. The quantitative estimate of drug-likeness (QED) is 0.322. The van der Waals surface area contributed by atoms with Crippen LogP contribution in [0.4, 0.5) is 5.69 Å². The van der Waals surface area contributed by atoms with E-state index in [4.69, 9.17) is 5.11 Å². The predicted molar refractivity (Wildman–Crippen MR) is 164 cm³/mol. The van der Waals surface area contributed by atoms with E-state index in [9.17, 15) is 9.90 Å². The lowest BCUT2D eigenvalue weighted by Crippen LogP contribution is -2.36. The lowest BCUT2D eigenvalue weighted by Gasteiger charge is -2.44. The number of benzene rings is 3. The number of hydrogen-bond donors (Lipinski definition) is 2. The van der Waals surface area contributed by atoms with Crippen LogP contribution >= 0.6 is 0 Å². The highest BCUT2D eigenvalue weighted by atomic mass is 16.4. The molecule has 3 aromatic carbocycles. The number of fused-ring (bicyclic) bond motifs is 1. The van der Waals surface area contributed by atoms with E-state index >= 15 is 0 Å². The fourth-order valence-corrected chi connectivity index (χ4v) is 5.96. The zero-order valence-corrected chi connectivity index (χ0v) is 25.2. The minimum Gasteiger partial charge on any atom is -0.478 e. The monoisotopic (exact) mass is 537 g/mol. The largest absolute Gasteiger partial charge is 0.478 e. The van der Waals surface area contributed by atoms with Crippen molar-refractivity contribution in [1.82, 2.24) is 0 Å². The van der Waals surface area contributed by atoms with Crippen molar-refractivity contribution in [3.8, 4) is 11.8 Å². The fourth-order valence-electron chi connectivity index (χ4n) is 5.96. The molecule has 4 heteroatoms. The van der Waals surface area contributed by atoms with Crippen molar-refractivity contribution in [2.75, 3.05) is 19.0 Å². The average Bonchev–Trinajstić information content (AvgIpc) is 2.89. The lowest BCUT2D eigenvalue weighted by molar-refractivity contribution is 0.0697. The van der Waals surface area contributed by atoms with Crippen LogP contribution in [-0.2, 0) is 22.7 Å². The Morgan fingerprint density at radius 1 is 0.950 bits per heavy atom. The highest BCUT2D eigenvalue weighted by Gasteiger charge is 2.40. The summed E-state index contributed by atoms with van der Waals surface area (Å²) in [6, 6.07) is 19.6. The molecule has 4 rings (SSSR count). The highest BCUT2D eigenvalue weighted by Crippen LogP contribution is 2.49. The number of aromatic carboxylic acids is 1. The number of carboxylic acid groups (broad SMARTS) is 1. The highest BCUT2D eigenvalue weighted by molar-refractivity contribution is 5.87. The van der Waals surface area contributed by atoms with Gasteiger partial charge in [0.1, 0.15) is 6.10 Å². The molecule has 0 saturated carbocycles. The van der Waals surface area contributed by atoms with E-state index in [1.54, 1.807) is 12.1 Å². The van der Waals surface area contributed by atoms with E-state index in [1.165, 1.54) is 40.1 Å². The normalized spacial score (nSPS) is 16.3. The zero-order valence-electron chi connectivity index (χ0n) is 25.2. The SMILES string of the molecule is CN(C)c1ccc(C(C)(C)Cc2cc(C(O)C#Cc3ccc(C(=O)O)cc3)cc3c2C(C)(C)CCC3(C)C)cc1. The summed E-state index contributed by atoms with van der Waals surface area (Å²) in [4.78, 5) is 13.3. The molecule has 1 unspecified atom stereocenters. The van der Waals surface area contributed by atoms with Gasteiger partial charge in [0, 0.05) is 25.3 Å². The summed E-state index contributed by atoms with van der Waals surface area (Å²) in [5.41, 5.74) is 8.08. The van der Waals surface area contributed by atoms with Gasteiger partial charge in [0.05, 0.1) is 5.56 Å². The van der Waals surface area contributed by atoms with Crippen molar-refractivity contribution in [1.29, 1.82) is 0 Å². The van der Waals surface area contributed by atoms with Crippen LogP contribution in [0.15, 0.2) is 60.7 Å². The Morgan fingerprint density at radius 2 is 1.55 bits per heavy atom. The first-order valence-corrected chi connectivity index (χ1v) is 14.1. The van der Waals surface area contributed by atoms with Crippen LogP contribution in [0.2, 0.25) is 0 Å². The van der Waals surface area contributed by atoms with E-state index in [0.29, 0.717) is 5.56 Å². The molecular weight excluding hydrogens is 494 g/mol. The number of hydrogen-bond acceptors (Lipinski definition) is 3. The molecule has 0 saturated heterocycles. The van der Waals surface area contributed by atoms with Gasteiger partial charge >= 0.3 is 5.97 Å². The molecule has 1 aliphatic carbocycles. The minimum atomic E-state index is -0.969. The standard InChI is InChI=1S/C36H43NO3/c1-34(2)19-20-35(3,4)32-27(23-36(5,6)28-14-16-29(17-15-28)37(7)8)21-26(22-30(32)34)31(38)18-11-24-9-12-25(13-10-24)33(39)40/h9-10,12-17,21-22,31,38H,19-20,23H2,1-8H3,(H,39,40). The zero-order chi connectivity index (χ0) is 29.5. The van der Waals surface area contributed by atoms with Gasteiger partial charge in [-0.25, -0.2) is 4.79 Å². The molecule has 40 heavy (non-hydrogen) atoms. The van der Waals surface area contributed by atoms with Gasteiger partial charge in [0.2, 0.25) is 0 Å². The summed E-state index contributed by atoms with van der Waals surface area (Å²) >= 11 is 0. The van der Waals surface area contributed by atoms with Crippen molar-refractivity contribution in [2.24, 2.45) is 0 Å². The molecular formula is C36H43NO3. The molecule has 0 bridgehead atoms. The number of aliphatic hydroxyl groups excluding tert-OH is 1. The molecule has 1 aliphatic rings. The number of nitrogens with zero attached hydrogens (tertiary/aromatic N) is 1. The molecule has 1 atom stereocenters. The summed E-state index contributed by atoms with van der Waals surface area (Å²) in [6.45, 7) is 13.9. The first-order valence-electron chi connectivity index (χ1n) is 14.1. The van der Waals surface area contributed by atoms with Gasteiger partial charge in [-0.1, -0.05) is 77.6 Å². The molecule has 0 fully saturated rings. The van der Waals surface area contributed by atoms with Crippen molar-refractivity contribution >= 4 is 11.7 Å². The van der Waals surface area contributed by atoms with E-state index in [2.05, 4.69) is 109 Å². The van der Waals surface area contributed by atoms with Crippen LogP contribution < -0.4 is 4.90 Å². The van der Waals surface area contributed by atoms with Crippen molar-refractivity contribution in [3.05, 3.63) is 99.6 Å². The second-order valence-electron chi connectivity index (χ2n) is 13.4. The number of rotatable bonds is 6. The van der Waals surface area contributed by atoms with Crippen LogP contribution in [-0.4, -0.2) is 30.3 Å². The second-order valence-corrected chi connectivity index (χ2v) is 13.4. The van der Waals surface area contributed by atoms with Gasteiger partial charge in [0.15, 0.2) is 0 Å². The van der Waals surface area contributed by atoms with Crippen molar-refractivity contribution < 1.29 is 15.0 Å². The van der Waals surface area contributed by atoms with Crippen LogP contribution in [0.3, 0.4) is 0 Å². The Hall–Kier alpha value is -3.55. The number of carbonyl (C=O) groups is 1. The molecule has 210 valence electrons. The Bertz CT molecular complexity index is 1450. The van der Waals surface area contributed by atoms with Gasteiger partial charge in [-0.2, -0.15) is 0 Å². The molecule has 0 aromatic heterocycles. The van der Waals surface area contributed by atoms with Gasteiger partial charge in [-0.15, -0.1) is 0 Å². The summed E-state index contributed by atoms with van der Waals surface area (Å²) in [5, 5.41) is 20.4. The number of anilines is 1. The third kappa shape index (κ3) is 6.11. The third-order valence-electron chi connectivity index (χ3n) is 8.62. The third-order valence-corrected chi connectivity index (χ3v) is 8.62. The second kappa shape index (κ2) is 10.8. The van der Waals surface area contributed by atoms with Crippen LogP contribution in [0.5, 0.6) is 0 Å². The van der Waals surface area contributed by atoms with Gasteiger partial charge in [-0.05, 0) is 99.7 Å². The van der Waals surface area contributed by atoms with E-state index in [0.717, 1.165) is 24.8 Å². The smallest absolute Gasteiger partial charge is 0.335 e. The topological polar surface area (TPSA) is 60.8 Å². The van der Waals surface area contributed by atoms with Crippen molar-refractivity contribution in [3.63, 3.8) is 0 Å². The first kappa shape index (κ1) is 29.4. The molecule has 2 N–H and O–H groups in total. The average molecular weight is 538 g/mol. The van der Waals surface area contributed by atoms with Crippen molar-refractivity contribution in [2.45, 2.75) is 83.2 Å². The minimum absolute atomic E-state index is 0.00702.